The van der Waals surface area contributed by atoms with Crippen molar-refractivity contribution < 1.29 is 9.72 Å². The average molecular weight is 357 g/mol. The van der Waals surface area contributed by atoms with Crippen molar-refractivity contribution in [2.75, 3.05) is 31.1 Å². The fraction of sp³-hybridized carbons (Fsp3) is 0.444. The number of hydrogen-bond donors (Lipinski definition) is 0. The maximum atomic E-state index is 12.9. The molecule has 1 aliphatic heterocycles. The van der Waals surface area contributed by atoms with Crippen molar-refractivity contribution in [2.24, 2.45) is 0 Å². The van der Waals surface area contributed by atoms with E-state index in [1.54, 1.807) is 20.8 Å². The van der Waals surface area contributed by atoms with Crippen LogP contribution >= 0.6 is 0 Å². The molecule has 1 aromatic carbocycles. The summed E-state index contributed by atoms with van der Waals surface area (Å²) in [6.45, 7) is 7.75. The Labute approximate surface area is 152 Å². The number of carbonyl (C=O) groups is 1. The third kappa shape index (κ3) is 3.26. The third-order valence-corrected chi connectivity index (χ3v) is 4.91. The van der Waals surface area contributed by atoms with E-state index in [9.17, 15) is 14.9 Å². The van der Waals surface area contributed by atoms with E-state index in [0.29, 0.717) is 24.5 Å². The summed E-state index contributed by atoms with van der Waals surface area (Å²) in [5, 5.41) is 15.4. The van der Waals surface area contributed by atoms with E-state index in [4.69, 9.17) is 0 Å². The quantitative estimate of drug-likeness (QED) is 0.619. The topological polar surface area (TPSA) is 84.5 Å². The van der Waals surface area contributed by atoms with Crippen LogP contribution < -0.4 is 4.90 Å². The molecule has 8 heteroatoms. The highest BCUT2D eigenvalue weighted by Gasteiger charge is 2.30. The first-order valence-corrected chi connectivity index (χ1v) is 8.69. The summed E-state index contributed by atoms with van der Waals surface area (Å²) in [5.41, 5.74) is 1.89. The highest BCUT2D eigenvalue weighted by atomic mass is 16.6. The summed E-state index contributed by atoms with van der Waals surface area (Å²) in [7, 11) is 0. The largest absolute Gasteiger partial charge is 0.368 e. The molecule has 1 aliphatic rings. The maximum absolute atomic E-state index is 12.9. The normalized spacial score (nSPS) is 15.8. The average Bonchev–Trinajstić information content (AvgIpc) is 2.95. The minimum Gasteiger partial charge on any atom is -0.368 e. The minimum absolute atomic E-state index is 0.0152. The van der Waals surface area contributed by atoms with Crippen LogP contribution in [0.2, 0.25) is 0 Å². The zero-order valence-corrected chi connectivity index (χ0v) is 15.3. The number of nitrogens with zero attached hydrogens (tertiary/aromatic N) is 5. The van der Waals surface area contributed by atoms with Gasteiger partial charge in [-0.05, 0) is 32.9 Å². The summed E-state index contributed by atoms with van der Waals surface area (Å²) >= 11 is 0. The molecule has 1 aromatic heterocycles. The van der Waals surface area contributed by atoms with Gasteiger partial charge in [0.1, 0.15) is 17.4 Å². The van der Waals surface area contributed by atoms with Crippen LogP contribution in [0.25, 0.3) is 0 Å². The van der Waals surface area contributed by atoms with Gasteiger partial charge in [0.2, 0.25) is 5.91 Å². The van der Waals surface area contributed by atoms with Crippen LogP contribution in [0.5, 0.6) is 0 Å². The van der Waals surface area contributed by atoms with E-state index in [0.717, 1.165) is 18.8 Å². The van der Waals surface area contributed by atoms with Crippen LogP contribution in [0.15, 0.2) is 30.3 Å². The number of benzene rings is 1. The van der Waals surface area contributed by atoms with Crippen LogP contribution in [-0.4, -0.2) is 51.7 Å². The first-order valence-electron chi connectivity index (χ1n) is 8.69. The number of rotatable bonds is 4. The molecule has 1 amide bonds. The molecule has 2 aromatic rings. The van der Waals surface area contributed by atoms with Gasteiger partial charge < -0.3 is 9.80 Å². The van der Waals surface area contributed by atoms with Gasteiger partial charge in [0, 0.05) is 31.9 Å². The predicted molar refractivity (Wildman–Crippen MR) is 98.3 cm³/mol. The van der Waals surface area contributed by atoms with Gasteiger partial charge in [-0.15, -0.1) is 0 Å². The van der Waals surface area contributed by atoms with Gasteiger partial charge in [0.25, 0.3) is 0 Å². The van der Waals surface area contributed by atoms with Crippen molar-refractivity contribution in [2.45, 2.75) is 26.8 Å². The maximum Gasteiger partial charge on any atom is 0.312 e. The van der Waals surface area contributed by atoms with E-state index in [2.05, 4.69) is 22.1 Å². The van der Waals surface area contributed by atoms with Crippen molar-refractivity contribution in [1.82, 2.24) is 14.7 Å². The lowest BCUT2D eigenvalue weighted by atomic mass is 10.2. The number of hydrogen-bond acceptors (Lipinski definition) is 5. The molecule has 3 rings (SSSR count). The van der Waals surface area contributed by atoms with E-state index >= 15 is 0 Å². The smallest absolute Gasteiger partial charge is 0.312 e. The molecule has 2 heterocycles. The first kappa shape index (κ1) is 17.9. The second-order valence-electron chi connectivity index (χ2n) is 6.54. The fourth-order valence-corrected chi connectivity index (χ4v) is 3.49. The molecule has 26 heavy (non-hydrogen) atoms. The number of piperazine rings is 1. The van der Waals surface area contributed by atoms with E-state index in [1.807, 2.05) is 23.1 Å². The Bertz CT molecular complexity index is 810. The molecule has 0 saturated carbocycles. The highest BCUT2D eigenvalue weighted by Crippen LogP contribution is 2.26. The van der Waals surface area contributed by atoms with Gasteiger partial charge in [-0.3, -0.25) is 19.6 Å². The van der Waals surface area contributed by atoms with Crippen LogP contribution in [0.1, 0.15) is 24.4 Å². The second kappa shape index (κ2) is 7.15. The summed E-state index contributed by atoms with van der Waals surface area (Å²) in [6.07, 6.45) is 0. The van der Waals surface area contributed by atoms with Gasteiger partial charge in [0.15, 0.2) is 0 Å². The molecule has 0 spiro atoms. The first-order chi connectivity index (χ1) is 12.4. The molecule has 0 N–H and O–H groups in total. The van der Waals surface area contributed by atoms with Crippen molar-refractivity contribution in [3.8, 4) is 0 Å². The van der Waals surface area contributed by atoms with E-state index in [1.165, 1.54) is 4.68 Å². The Morgan fingerprint density at radius 3 is 2.31 bits per heavy atom. The van der Waals surface area contributed by atoms with Crippen LogP contribution in [0.4, 0.5) is 11.4 Å². The fourth-order valence-electron chi connectivity index (χ4n) is 3.49. The summed E-state index contributed by atoms with van der Waals surface area (Å²) in [6, 6.07) is 9.56. The number of amides is 1. The molecule has 0 unspecified atom stereocenters. The lowest BCUT2D eigenvalue weighted by molar-refractivity contribution is -0.386. The predicted octanol–water partition coefficient (Wildman–Crippen LogP) is 2.32. The molecule has 0 bridgehead atoms. The SMILES string of the molecule is Cc1nn([C@@H](C)C(=O)N2CCN(c3ccccc3)CC2)c(C)c1[N+](=O)[O-]. The number of para-hydroxylation sites is 1. The zero-order valence-electron chi connectivity index (χ0n) is 15.3. The monoisotopic (exact) mass is 357 g/mol. The summed E-state index contributed by atoms with van der Waals surface area (Å²) in [4.78, 5) is 27.7. The molecule has 0 aliphatic carbocycles. The van der Waals surface area contributed by atoms with Gasteiger partial charge >= 0.3 is 5.69 Å². The number of nitro groups is 1. The van der Waals surface area contributed by atoms with Crippen molar-refractivity contribution in [3.05, 3.63) is 51.8 Å². The van der Waals surface area contributed by atoms with Gasteiger partial charge in [-0.1, -0.05) is 18.2 Å². The van der Waals surface area contributed by atoms with Crippen LogP contribution in [-0.2, 0) is 4.79 Å². The molecule has 0 radical (unpaired) electrons. The van der Waals surface area contributed by atoms with E-state index in [-0.39, 0.29) is 11.6 Å². The molecule has 1 saturated heterocycles. The molecule has 1 fully saturated rings. The molecular weight excluding hydrogens is 334 g/mol. The van der Waals surface area contributed by atoms with Crippen LogP contribution in [0, 0.1) is 24.0 Å². The highest BCUT2D eigenvalue weighted by molar-refractivity contribution is 5.80. The standard InChI is InChI=1S/C18H23N5O3/c1-13-17(23(25)26)14(2)22(19-13)15(3)18(24)21-11-9-20(10-12-21)16-7-5-4-6-8-16/h4-8,15H,9-12H2,1-3H3/t15-/m0/s1. The Hall–Kier alpha value is -2.90. The van der Waals surface area contributed by atoms with Crippen LogP contribution in [0.3, 0.4) is 0 Å². The van der Waals surface area contributed by atoms with Crippen molar-refractivity contribution in [1.29, 1.82) is 0 Å². The Balaban J connectivity index is 1.69. The molecule has 1 atom stereocenters. The lowest BCUT2D eigenvalue weighted by Gasteiger charge is -2.37. The van der Waals surface area contributed by atoms with Crippen molar-refractivity contribution >= 4 is 17.3 Å². The van der Waals surface area contributed by atoms with Gasteiger partial charge in [-0.25, -0.2) is 0 Å². The zero-order chi connectivity index (χ0) is 18.8. The number of aryl methyl sites for hydroxylation is 1. The molecule has 8 nitrogen and oxygen atoms in total. The Morgan fingerprint density at radius 2 is 1.77 bits per heavy atom. The Morgan fingerprint density at radius 1 is 1.15 bits per heavy atom. The summed E-state index contributed by atoms with van der Waals surface area (Å²) < 4.78 is 1.47. The van der Waals surface area contributed by atoms with Crippen molar-refractivity contribution in [3.63, 3.8) is 0 Å². The second-order valence-corrected chi connectivity index (χ2v) is 6.54. The number of aromatic nitrogens is 2. The minimum atomic E-state index is -0.564. The molecule has 138 valence electrons. The lowest BCUT2D eigenvalue weighted by Crippen LogP contribution is -2.50. The number of carbonyl (C=O) groups excluding carboxylic acids is 1. The number of anilines is 1. The van der Waals surface area contributed by atoms with Gasteiger partial charge in [-0.2, -0.15) is 5.10 Å². The Kier molecular flexibility index (Phi) is 4.92. The van der Waals surface area contributed by atoms with Gasteiger partial charge in [0.05, 0.1) is 4.92 Å². The third-order valence-electron chi connectivity index (χ3n) is 4.91. The molecular formula is C18H23N5O3. The summed E-state index contributed by atoms with van der Waals surface area (Å²) in [5.74, 6) is -0.0572. The van der Waals surface area contributed by atoms with E-state index < -0.39 is 11.0 Å².